The van der Waals surface area contributed by atoms with Gasteiger partial charge in [-0.25, -0.2) is 4.79 Å². The van der Waals surface area contributed by atoms with Gasteiger partial charge in [-0.3, -0.25) is 4.90 Å². The molecule has 0 bridgehead atoms. The van der Waals surface area contributed by atoms with E-state index >= 15 is 0 Å². The van der Waals surface area contributed by atoms with E-state index in [0.717, 1.165) is 31.6 Å². The quantitative estimate of drug-likeness (QED) is 0.919. The molecule has 1 N–H and O–H groups in total. The maximum atomic E-state index is 12.2. The molecule has 2 rings (SSSR count). The number of carbonyl (C=O) groups excluding carboxylic acids is 1. The zero-order valence-corrected chi connectivity index (χ0v) is 13.0. The molecule has 1 aromatic rings. The number of rotatable bonds is 4. The molecule has 1 aliphatic rings. The Labute approximate surface area is 121 Å². The summed E-state index contributed by atoms with van der Waals surface area (Å²) in [6.45, 7) is 11.3. The fraction of sp³-hybridized carbons (Fsp3) is 0.733. The Morgan fingerprint density at radius 1 is 1.40 bits per heavy atom. The summed E-state index contributed by atoms with van der Waals surface area (Å²) in [6.07, 6.45) is 3.81. The molecule has 5 heteroatoms. The van der Waals surface area contributed by atoms with E-state index in [1.807, 2.05) is 6.20 Å². The van der Waals surface area contributed by atoms with Crippen LogP contribution >= 0.6 is 0 Å². The summed E-state index contributed by atoms with van der Waals surface area (Å²) in [5.41, 5.74) is 2.26. The van der Waals surface area contributed by atoms with Crippen molar-refractivity contribution < 1.29 is 4.79 Å². The summed E-state index contributed by atoms with van der Waals surface area (Å²) >= 11 is 0. The van der Waals surface area contributed by atoms with Gasteiger partial charge in [-0.15, -0.1) is 0 Å². The van der Waals surface area contributed by atoms with Gasteiger partial charge >= 0.3 is 6.03 Å². The summed E-state index contributed by atoms with van der Waals surface area (Å²) in [6, 6.07) is 0.396. The molecule has 20 heavy (non-hydrogen) atoms. The highest BCUT2D eigenvalue weighted by Gasteiger charge is 2.24. The summed E-state index contributed by atoms with van der Waals surface area (Å²) in [5, 5.41) is 7.22. The highest BCUT2D eigenvalue weighted by atomic mass is 16.2. The predicted molar refractivity (Wildman–Crippen MR) is 79.7 cm³/mol. The van der Waals surface area contributed by atoms with E-state index in [2.05, 4.69) is 43.0 Å². The molecular formula is C15H26N4O. The number of hydrogen-bond donors (Lipinski definition) is 1. The van der Waals surface area contributed by atoms with Crippen LogP contribution in [0.1, 0.15) is 45.4 Å². The summed E-state index contributed by atoms with van der Waals surface area (Å²) in [4.78, 5) is 14.6. The highest BCUT2D eigenvalue weighted by Crippen LogP contribution is 2.20. The predicted octanol–water partition coefficient (Wildman–Crippen LogP) is 2.25. The SMILES string of the molecule is CC(C)CCNC(=O)n1ncc2c1CN(C(C)C)CC2. The molecule has 0 aromatic carbocycles. The Bertz CT molecular complexity index is 464. The molecule has 0 radical (unpaired) electrons. The smallest absolute Gasteiger partial charge is 0.336 e. The van der Waals surface area contributed by atoms with Gasteiger partial charge in [-0.05, 0) is 38.2 Å². The van der Waals surface area contributed by atoms with Crippen molar-refractivity contribution in [2.75, 3.05) is 13.1 Å². The topological polar surface area (TPSA) is 50.2 Å². The fourth-order valence-electron chi connectivity index (χ4n) is 2.48. The summed E-state index contributed by atoms with van der Waals surface area (Å²) < 4.78 is 1.55. The van der Waals surface area contributed by atoms with Gasteiger partial charge in [0.15, 0.2) is 0 Å². The van der Waals surface area contributed by atoms with Crippen LogP contribution in [0.5, 0.6) is 0 Å². The van der Waals surface area contributed by atoms with Gasteiger partial charge in [0.25, 0.3) is 0 Å². The third-order valence-electron chi connectivity index (χ3n) is 3.90. The average molecular weight is 278 g/mol. The minimum Gasteiger partial charge on any atom is -0.336 e. The number of amides is 1. The van der Waals surface area contributed by atoms with E-state index in [-0.39, 0.29) is 6.03 Å². The number of carbonyl (C=O) groups is 1. The lowest BCUT2D eigenvalue weighted by molar-refractivity contribution is 0.195. The lowest BCUT2D eigenvalue weighted by Crippen LogP contribution is -2.39. The van der Waals surface area contributed by atoms with E-state index in [0.29, 0.717) is 18.5 Å². The largest absolute Gasteiger partial charge is 0.342 e. The molecule has 2 heterocycles. The van der Waals surface area contributed by atoms with Crippen LogP contribution in [-0.4, -0.2) is 39.8 Å². The number of nitrogens with one attached hydrogen (secondary N) is 1. The minimum atomic E-state index is -0.0995. The maximum absolute atomic E-state index is 12.2. The van der Waals surface area contributed by atoms with E-state index in [1.165, 1.54) is 5.56 Å². The molecule has 5 nitrogen and oxygen atoms in total. The Kier molecular flexibility index (Phi) is 4.81. The van der Waals surface area contributed by atoms with Crippen molar-refractivity contribution in [1.82, 2.24) is 20.0 Å². The molecule has 0 unspecified atom stereocenters. The molecule has 0 saturated heterocycles. The van der Waals surface area contributed by atoms with Gasteiger partial charge in [0.1, 0.15) is 0 Å². The van der Waals surface area contributed by atoms with Gasteiger partial charge in [0.2, 0.25) is 0 Å². The average Bonchev–Trinajstić information content (AvgIpc) is 2.80. The van der Waals surface area contributed by atoms with Crippen molar-refractivity contribution in [1.29, 1.82) is 0 Å². The number of aromatic nitrogens is 2. The molecule has 0 spiro atoms. The second kappa shape index (κ2) is 6.39. The molecular weight excluding hydrogens is 252 g/mol. The van der Waals surface area contributed by atoms with Crippen LogP contribution < -0.4 is 5.32 Å². The van der Waals surface area contributed by atoms with Crippen molar-refractivity contribution in [3.05, 3.63) is 17.5 Å². The lowest BCUT2D eigenvalue weighted by Gasteiger charge is -2.30. The molecule has 112 valence electrons. The zero-order valence-electron chi connectivity index (χ0n) is 13.0. The highest BCUT2D eigenvalue weighted by molar-refractivity contribution is 5.76. The van der Waals surface area contributed by atoms with Crippen molar-refractivity contribution in [2.24, 2.45) is 5.92 Å². The van der Waals surface area contributed by atoms with Gasteiger partial charge in [0.05, 0.1) is 11.9 Å². The number of hydrogen-bond acceptors (Lipinski definition) is 3. The summed E-state index contributed by atoms with van der Waals surface area (Å²) in [7, 11) is 0. The molecule has 0 saturated carbocycles. The van der Waals surface area contributed by atoms with Crippen LogP contribution in [0, 0.1) is 5.92 Å². The standard InChI is InChI=1S/C15H26N4O/c1-11(2)5-7-16-15(20)19-14-10-18(12(3)4)8-6-13(14)9-17-19/h9,11-12H,5-8,10H2,1-4H3,(H,16,20). The van der Waals surface area contributed by atoms with E-state index in [4.69, 9.17) is 0 Å². The van der Waals surface area contributed by atoms with E-state index < -0.39 is 0 Å². The fourth-order valence-corrected chi connectivity index (χ4v) is 2.48. The first-order valence-corrected chi connectivity index (χ1v) is 7.57. The van der Waals surface area contributed by atoms with Gasteiger partial charge in [-0.2, -0.15) is 9.78 Å². The second-order valence-corrected chi connectivity index (χ2v) is 6.26. The Morgan fingerprint density at radius 2 is 2.15 bits per heavy atom. The van der Waals surface area contributed by atoms with Crippen molar-refractivity contribution in [3.63, 3.8) is 0 Å². The molecule has 0 atom stereocenters. The first-order valence-electron chi connectivity index (χ1n) is 7.57. The van der Waals surface area contributed by atoms with Crippen molar-refractivity contribution in [3.8, 4) is 0 Å². The minimum absolute atomic E-state index is 0.0995. The first-order chi connectivity index (χ1) is 9.49. The van der Waals surface area contributed by atoms with Crippen LogP contribution in [0.3, 0.4) is 0 Å². The van der Waals surface area contributed by atoms with Crippen LogP contribution in [-0.2, 0) is 13.0 Å². The zero-order chi connectivity index (χ0) is 14.7. The van der Waals surface area contributed by atoms with E-state index in [9.17, 15) is 4.79 Å². The van der Waals surface area contributed by atoms with Crippen LogP contribution in [0.2, 0.25) is 0 Å². The number of nitrogens with zero attached hydrogens (tertiary/aromatic N) is 3. The monoisotopic (exact) mass is 278 g/mol. The lowest BCUT2D eigenvalue weighted by atomic mass is 10.1. The van der Waals surface area contributed by atoms with Crippen LogP contribution in [0.15, 0.2) is 6.20 Å². The third-order valence-corrected chi connectivity index (χ3v) is 3.90. The van der Waals surface area contributed by atoms with Gasteiger partial charge in [0, 0.05) is 25.7 Å². The Morgan fingerprint density at radius 3 is 2.80 bits per heavy atom. The molecule has 1 aromatic heterocycles. The van der Waals surface area contributed by atoms with E-state index in [1.54, 1.807) is 4.68 Å². The van der Waals surface area contributed by atoms with Gasteiger partial charge in [-0.1, -0.05) is 13.8 Å². The van der Waals surface area contributed by atoms with Crippen LogP contribution in [0.4, 0.5) is 4.79 Å². The van der Waals surface area contributed by atoms with Crippen molar-refractivity contribution >= 4 is 6.03 Å². The van der Waals surface area contributed by atoms with Crippen LogP contribution in [0.25, 0.3) is 0 Å². The first kappa shape index (κ1) is 15.0. The molecule has 1 amide bonds. The Hall–Kier alpha value is -1.36. The summed E-state index contributed by atoms with van der Waals surface area (Å²) in [5.74, 6) is 0.596. The maximum Gasteiger partial charge on any atom is 0.342 e. The third kappa shape index (κ3) is 3.39. The Balaban J connectivity index is 2.03. The molecule has 0 aliphatic carbocycles. The second-order valence-electron chi connectivity index (χ2n) is 6.26. The van der Waals surface area contributed by atoms with Crippen molar-refractivity contribution in [2.45, 2.75) is 53.1 Å². The van der Waals surface area contributed by atoms with Gasteiger partial charge < -0.3 is 5.32 Å². The molecule has 0 fully saturated rings. The molecule has 1 aliphatic heterocycles. The number of fused-ring (bicyclic) bond motifs is 1. The normalized spacial score (nSPS) is 15.7.